The van der Waals surface area contributed by atoms with Crippen molar-refractivity contribution in [2.24, 2.45) is 5.73 Å². The highest BCUT2D eigenvalue weighted by atomic mass is 32.2. The molecule has 0 spiro atoms. The van der Waals surface area contributed by atoms with Gasteiger partial charge < -0.3 is 10.5 Å². The van der Waals surface area contributed by atoms with Crippen LogP contribution in [0.25, 0.3) is 0 Å². The van der Waals surface area contributed by atoms with Crippen LogP contribution in [0, 0.1) is 0 Å². The molecule has 0 saturated heterocycles. The maximum Gasteiger partial charge on any atom is 0.0646 e. The van der Waals surface area contributed by atoms with Crippen LogP contribution in [0.15, 0.2) is 29.2 Å². The van der Waals surface area contributed by atoms with E-state index in [0.717, 1.165) is 32.5 Å². The lowest BCUT2D eigenvalue weighted by molar-refractivity contribution is 0.0881. The smallest absolute Gasteiger partial charge is 0.0646 e. The Hall–Kier alpha value is -0.510. The third-order valence-corrected chi connectivity index (χ3v) is 5.29. The van der Waals surface area contributed by atoms with Gasteiger partial charge >= 0.3 is 0 Å². The lowest BCUT2D eigenvalue weighted by atomic mass is 10.0. The second kappa shape index (κ2) is 5.24. The predicted octanol–water partition coefficient (Wildman–Crippen LogP) is 2.99. The van der Waals surface area contributed by atoms with Crippen LogP contribution in [0.5, 0.6) is 0 Å². The minimum absolute atomic E-state index is 0.0316. The van der Waals surface area contributed by atoms with Crippen molar-refractivity contribution in [1.82, 2.24) is 0 Å². The van der Waals surface area contributed by atoms with Gasteiger partial charge in [0.25, 0.3) is 0 Å². The molecule has 18 heavy (non-hydrogen) atoms. The van der Waals surface area contributed by atoms with E-state index < -0.39 is 0 Å². The summed E-state index contributed by atoms with van der Waals surface area (Å²) in [5.74, 6) is 0. The van der Waals surface area contributed by atoms with Gasteiger partial charge in [0, 0.05) is 15.7 Å². The summed E-state index contributed by atoms with van der Waals surface area (Å²) < 4.78 is 5.89. The maximum atomic E-state index is 6.30. The summed E-state index contributed by atoms with van der Waals surface area (Å²) in [6.07, 6.45) is 5.93. The van der Waals surface area contributed by atoms with Gasteiger partial charge in [0.15, 0.2) is 0 Å². The zero-order valence-electron chi connectivity index (χ0n) is 10.7. The van der Waals surface area contributed by atoms with Crippen molar-refractivity contribution in [3.63, 3.8) is 0 Å². The standard InChI is InChI=1S/C15H21NOS/c16-15(7-3-4-8-15)11-17-10-13-9-12-5-1-2-6-14(12)18-13/h1-2,5-6,13H,3-4,7-11,16H2. The second-order valence-electron chi connectivity index (χ2n) is 5.64. The number of benzene rings is 1. The van der Waals surface area contributed by atoms with Crippen LogP contribution in [0.4, 0.5) is 0 Å². The van der Waals surface area contributed by atoms with Gasteiger partial charge in [-0.3, -0.25) is 0 Å². The van der Waals surface area contributed by atoms with Crippen LogP contribution in [0.1, 0.15) is 31.2 Å². The van der Waals surface area contributed by atoms with Crippen LogP contribution in [-0.2, 0) is 11.2 Å². The van der Waals surface area contributed by atoms with E-state index in [4.69, 9.17) is 10.5 Å². The summed E-state index contributed by atoms with van der Waals surface area (Å²) in [6, 6.07) is 8.67. The van der Waals surface area contributed by atoms with Crippen LogP contribution >= 0.6 is 11.8 Å². The molecule has 3 rings (SSSR count). The van der Waals surface area contributed by atoms with E-state index >= 15 is 0 Å². The molecule has 0 amide bonds. The quantitative estimate of drug-likeness (QED) is 0.907. The molecule has 1 saturated carbocycles. The van der Waals surface area contributed by atoms with Crippen molar-refractivity contribution >= 4 is 11.8 Å². The number of nitrogens with two attached hydrogens (primary N) is 1. The fourth-order valence-electron chi connectivity index (χ4n) is 2.96. The van der Waals surface area contributed by atoms with Crippen LogP contribution in [0.2, 0.25) is 0 Å². The monoisotopic (exact) mass is 263 g/mol. The summed E-state index contributed by atoms with van der Waals surface area (Å²) in [6.45, 7) is 1.57. The van der Waals surface area contributed by atoms with E-state index in [1.165, 1.54) is 23.3 Å². The van der Waals surface area contributed by atoms with Gasteiger partial charge in [0.05, 0.1) is 13.2 Å². The van der Waals surface area contributed by atoms with Crippen LogP contribution in [0.3, 0.4) is 0 Å². The maximum absolute atomic E-state index is 6.30. The highest BCUT2D eigenvalue weighted by Crippen LogP contribution is 2.37. The number of rotatable bonds is 4. The van der Waals surface area contributed by atoms with E-state index in [9.17, 15) is 0 Å². The third-order valence-electron chi connectivity index (χ3n) is 4.01. The normalized spacial score (nSPS) is 25.3. The van der Waals surface area contributed by atoms with Crippen LogP contribution in [-0.4, -0.2) is 24.0 Å². The number of hydrogen-bond donors (Lipinski definition) is 1. The minimum Gasteiger partial charge on any atom is -0.378 e. The van der Waals surface area contributed by atoms with Gasteiger partial charge in [-0.25, -0.2) is 0 Å². The number of thioether (sulfide) groups is 1. The van der Waals surface area contributed by atoms with E-state index in [1.807, 2.05) is 11.8 Å². The SMILES string of the molecule is NC1(COCC2Cc3ccccc3S2)CCCC1. The number of fused-ring (bicyclic) bond motifs is 1. The van der Waals surface area contributed by atoms with Gasteiger partial charge in [-0.05, 0) is 30.9 Å². The average Bonchev–Trinajstić information content (AvgIpc) is 2.95. The first-order valence-corrected chi connectivity index (χ1v) is 7.74. The van der Waals surface area contributed by atoms with Gasteiger partial charge in [-0.15, -0.1) is 11.8 Å². The Bertz CT molecular complexity index is 390. The molecular formula is C15H21NOS. The summed E-state index contributed by atoms with van der Waals surface area (Å²) in [4.78, 5) is 1.43. The van der Waals surface area contributed by atoms with Gasteiger partial charge in [0.1, 0.15) is 0 Å². The molecule has 0 bridgehead atoms. The van der Waals surface area contributed by atoms with Gasteiger partial charge in [-0.1, -0.05) is 31.0 Å². The van der Waals surface area contributed by atoms with Crippen molar-refractivity contribution in [1.29, 1.82) is 0 Å². The van der Waals surface area contributed by atoms with Crippen molar-refractivity contribution in [3.05, 3.63) is 29.8 Å². The van der Waals surface area contributed by atoms with Crippen LogP contribution < -0.4 is 5.73 Å². The Morgan fingerprint density at radius 2 is 2.06 bits per heavy atom. The molecule has 1 unspecified atom stereocenters. The first kappa shape index (κ1) is 12.5. The van der Waals surface area contributed by atoms with Crippen molar-refractivity contribution in [3.8, 4) is 0 Å². The topological polar surface area (TPSA) is 35.2 Å². The largest absolute Gasteiger partial charge is 0.378 e. The highest BCUT2D eigenvalue weighted by Gasteiger charge is 2.30. The number of ether oxygens (including phenoxy) is 1. The molecule has 2 aliphatic rings. The van der Waals surface area contributed by atoms with E-state index in [1.54, 1.807) is 0 Å². The molecule has 2 nitrogen and oxygen atoms in total. The summed E-state index contributed by atoms with van der Waals surface area (Å²) >= 11 is 1.95. The third kappa shape index (κ3) is 2.73. The van der Waals surface area contributed by atoms with Crippen molar-refractivity contribution in [2.45, 2.75) is 47.8 Å². The predicted molar refractivity (Wildman–Crippen MR) is 76.0 cm³/mol. The first-order valence-electron chi connectivity index (χ1n) is 6.86. The Kier molecular flexibility index (Phi) is 3.64. The second-order valence-corrected chi connectivity index (χ2v) is 6.98. The molecule has 0 radical (unpaired) electrons. The molecule has 98 valence electrons. The average molecular weight is 263 g/mol. The molecule has 1 aliphatic carbocycles. The van der Waals surface area contributed by atoms with Gasteiger partial charge in [0.2, 0.25) is 0 Å². The molecule has 0 aromatic heterocycles. The summed E-state index contributed by atoms with van der Waals surface area (Å²) in [7, 11) is 0. The Balaban J connectivity index is 1.46. The molecular weight excluding hydrogens is 242 g/mol. The van der Waals surface area contributed by atoms with E-state index in [0.29, 0.717) is 5.25 Å². The molecule has 1 aliphatic heterocycles. The molecule has 1 heterocycles. The number of hydrogen-bond acceptors (Lipinski definition) is 3. The molecule has 1 atom stereocenters. The highest BCUT2D eigenvalue weighted by molar-refractivity contribution is 8.00. The summed E-state index contributed by atoms with van der Waals surface area (Å²) in [5, 5.41) is 0.576. The molecule has 3 heteroatoms. The summed E-state index contributed by atoms with van der Waals surface area (Å²) in [5.41, 5.74) is 7.74. The Morgan fingerprint density at radius 1 is 1.28 bits per heavy atom. The molecule has 1 aromatic carbocycles. The lowest BCUT2D eigenvalue weighted by Gasteiger charge is -2.24. The van der Waals surface area contributed by atoms with Crippen molar-refractivity contribution in [2.75, 3.05) is 13.2 Å². The fraction of sp³-hybridized carbons (Fsp3) is 0.600. The minimum atomic E-state index is -0.0316. The molecule has 2 N–H and O–H groups in total. The Morgan fingerprint density at radius 3 is 2.83 bits per heavy atom. The van der Waals surface area contributed by atoms with E-state index in [-0.39, 0.29) is 5.54 Å². The van der Waals surface area contributed by atoms with E-state index in [2.05, 4.69) is 24.3 Å². The van der Waals surface area contributed by atoms with Crippen molar-refractivity contribution < 1.29 is 4.74 Å². The first-order chi connectivity index (χ1) is 8.75. The molecule has 1 aromatic rings. The lowest BCUT2D eigenvalue weighted by Crippen LogP contribution is -2.42. The molecule has 1 fully saturated rings. The zero-order valence-corrected chi connectivity index (χ0v) is 11.5. The fourth-order valence-corrected chi connectivity index (χ4v) is 4.21. The Labute approximate surface area is 113 Å². The zero-order chi connectivity index (χ0) is 12.4. The van der Waals surface area contributed by atoms with Gasteiger partial charge in [-0.2, -0.15) is 0 Å².